The van der Waals surface area contributed by atoms with Gasteiger partial charge in [0.15, 0.2) is 0 Å². The van der Waals surface area contributed by atoms with Crippen LogP contribution in [-0.4, -0.2) is 26.6 Å². The van der Waals surface area contributed by atoms with Crippen LogP contribution in [0.1, 0.15) is 49.5 Å². The number of nitrogens with zero attached hydrogens (tertiary/aromatic N) is 1. The van der Waals surface area contributed by atoms with E-state index >= 15 is 0 Å². The number of anilines is 2. The number of benzene rings is 2. The molecular weight excluding hydrogens is 360 g/mol. The average molecular weight is 387 g/mol. The standard InChI is InChI=1S/C21H26N2O3S/c1-21(2,3)17-8-6-16(7-9-17)20(24)22-18-10-12-19(13-11-18)23-14-4-5-15-27(23,25)26/h6-13H,4-5,14-15H2,1-3H3,(H,22,24). The largest absolute Gasteiger partial charge is 0.322 e. The molecule has 3 rings (SSSR count). The Labute approximate surface area is 161 Å². The monoisotopic (exact) mass is 386 g/mol. The summed E-state index contributed by atoms with van der Waals surface area (Å²) >= 11 is 0. The summed E-state index contributed by atoms with van der Waals surface area (Å²) in [6.07, 6.45) is 1.57. The smallest absolute Gasteiger partial charge is 0.255 e. The van der Waals surface area contributed by atoms with Gasteiger partial charge in [0.2, 0.25) is 10.0 Å². The van der Waals surface area contributed by atoms with Gasteiger partial charge < -0.3 is 5.32 Å². The Bertz CT molecular complexity index is 911. The van der Waals surface area contributed by atoms with Gasteiger partial charge in [-0.2, -0.15) is 0 Å². The summed E-state index contributed by atoms with van der Waals surface area (Å²) in [7, 11) is -3.23. The Morgan fingerprint density at radius 2 is 1.59 bits per heavy atom. The summed E-state index contributed by atoms with van der Waals surface area (Å²) in [4.78, 5) is 12.4. The van der Waals surface area contributed by atoms with E-state index in [1.807, 2.05) is 24.3 Å². The molecule has 6 heteroatoms. The van der Waals surface area contributed by atoms with Crippen LogP contribution < -0.4 is 9.62 Å². The van der Waals surface area contributed by atoms with Gasteiger partial charge in [-0.15, -0.1) is 0 Å². The third kappa shape index (κ3) is 4.50. The fourth-order valence-corrected chi connectivity index (χ4v) is 4.75. The fraction of sp³-hybridized carbons (Fsp3) is 0.381. The van der Waals surface area contributed by atoms with Gasteiger partial charge in [-0.05, 0) is 60.2 Å². The SMILES string of the molecule is CC(C)(C)c1ccc(C(=O)Nc2ccc(N3CCCCS3(=O)=O)cc2)cc1. The third-order valence-electron chi connectivity index (χ3n) is 4.78. The van der Waals surface area contributed by atoms with Crippen molar-refractivity contribution in [2.75, 3.05) is 21.9 Å². The van der Waals surface area contributed by atoms with E-state index in [1.54, 1.807) is 24.3 Å². The maximum atomic E-state index is 12.4. The lowest BCUT2D eigenvalue weighted by molar-refractivity contribution is 0.102. The molecule has 1 N–H and O–H groups in total. The first kappa shape index (κ1) is 19.4. The molecule has 1 aliphatic rings. The Kier molecular flexibility index (Phi) is 5.29. The molecule has 2 aromatic carbocycles. The molecule has 0 atom stereocenters. The predicted molar refractivity (Wildman–Crippen MR) is 110 cm³/mol. The zero-order valence-corrected chi connectivity index (χ0v) is 16.8. The summed E-state index contributed by atoms with van der Waals surface area (Å²) in [5.74, 6) is 0.00423. The van der Waals surface area contributed by atoms with Gasteiger partial charge in [0.1, 0.15) is 0 Å². The topological polar surface area (TPSA) is 66.5 Å². The molecule has 1 fully saturated rings. The van der Waals surface area contributed by atoms with Crippen molar-refractivity contribution >= 4 is 27.3 Å². The van der Waals surface area contributed by atoms with E-state index in [0.29, 0.717) is 29.9 Å². The summed E-state index contributed by atoms with van der Waals surface area (Å²) in [5, 5.41) is 2.86. The number of rotatable bonds is 3. The van der Waals surface area contributed by atoms with Crippen molar-refractivity contribution in [2.45, 2.75) is 39.0 Å². The van der Waals surface area contributed by atoms with Crippen LogP contribution in [0.5, 0.6) is 0 Å². The normalized spacial score (nSPS) is 16.8. The highest BCUT2D eigenvalue weighted by Crippen LogP contribution is 2.25. The van der Waals surface area contributed by atoms with E-state index in [2.05, 4.69) is 26.1 Å². The minimum atomic E-state index is -3.23. The Hall–Kier alpha value is -2.34. The summed E-state index contributed by atoms with van der Waals surface area (Å²) in [6.45, 7) is 6.90. The highest BCUT2D eigenvalue weighted by Gasteiger charge is 2.25. The molecule has 0 saturated carbocycles. The second-order valence-corrected chi connectivity index (χ2v) is 9.94. The van der Waals surface area contributed by atoms with Crippen molar-refractivity contribution in [3.63, 3.8) is 0 Å². The molecule has 2 aromatic rings. The van der Waals surface area contributed by atoms with E-state index in [0.717, 1.165) is 6.42 Å². The molecule has 144 valence electrons. The van der Waals surface area contributed by atoms with Crippen LogP contribution in [-0.2, 0) is 15.4 Å². The minimum Gasteiger partial charge on any atom is -0.322 e. The number of sulfonamides is 1. The molecule has 1 amide bonds. The Morgan fingerprint density at radius 3 is 2.15 bits per heavy atom. The molecule has 1 saturated heterocycles. The van der Waals surface area contributed by atoms with E-state index in [4.69, 9.17) is 0 Å². The molecule has 1 aliphatic heterocycles. The molecule has 0 aromatic heterocycles. The molecule has 1 heterocycles. The molecule has 0 radical (unpaired) electrons. The number of amides is 1. The lowest BCUT2D eigenvalue weighted by Gasteiger charge is -2.28. The van der Waals surface area contributed by atoms with Gasteiger partial charge in [0.05, 0.1) is 11.4 Å². The molecule has 0 aliphatic carbocycles. The van der Waals surface area contributed by atoms with E-state index in [1.165, 1.54) is 9.87 Å². The van der Waals surface area contributed by atoms with Gasteiger partial charge in [-0.3, -0.25) is 9.10 Å². The number of hydrogen-bond acceptors (Lipinski definition) is 3. The zero-order chi connectivity index (χ0) is 19.7. The first-order chi connectivity index (χ1) is 12.7. The van der Waals surface area contributed by atoms with Crippen molar-refractivity contribution in [1.29, 1.82) is 0 Å². The van der Waals surface area contributed by atoms with Gasteiger partial charge in [0.25, 0.3) is 5.91 Å². The van der Waals surface area contributed by atoms with E-state index in [9.17, 15) is 13.2 Å². The second kappa shape index (κ2) is 7.35. The predicted octanol–water partition coefficient (Wildman–Crippen LogP) is 4.17. The van der Waals surface area contributed by atoms with Crippen LogP contribution in [0.4, 0.5) is 11.4 Å². The number of carbonyl (C=O) groups excluding carboxylic acids is 1. The van der Waals surface area contributed by atoms with Gasteiger partial charge in [-0.1, -0.05) is 32.9 Å². The van der Waals surface area contributed by atoms with Crippen molar-refractivity contribution < 1.29 is 13.2 Å². The Morgan fingerprint density at radius 1 is 0.963 bits per heavy atom. The van der Waals surface area contributed by atoms with Crippen LogP contribution in [0.25, 0.3) is 0 Å². The van der Waals surface area contributed by atoms with Crippen molar-refractivity contribution in [3.05, 3.63) is 59.7 Å². The quantitative estimate of drug-likeness (QED) is 0.861. The lowest BCUT2D eigenvalue weighted by atomic mass is 9.87. The first-order valence-electron chi connectivity index (χ1n) is 9.19. The second-order valence-electron chi connectivity index (χ2n) is 7.92. The highest BCUT2D eigenvalue weighted by atomic mass is 32.2. The summed E-state index contributed by atoms with van der Waals surface area (Å²) in [6, 6.07) is 14.5. The van der Waals surface area contributed by atoms with Gasteiger partial charge in [-0.25, -0.2) is 8.42 Å². The van der Waals surface area contributed by atoms with Crippen molar-refractivity contribution in [3.8, 4) is 0 Å². The summed E-state index contributed by atoms with van der Waals surface area (Å²) in [5.41, 5.74) is 3.08. The Balaban J connectivity index is 1.70. The van der Waals surface area contributed by atoms with Crippen molar-refractivity contribution in [1.82, 2.24) is 0 Å². The van der Waals surface area contributed by atoms with Crippen LogP contribution in [0.2, 0.25) is 0 Å². The van der Waals surface area contributed by atoms with Crippen LogP contribution in [0.3, 0.4) is 0 Å². The van der Waals surface area contributed by atoms with Crippen LogP contribution in [0, 0.1) is 0 Å². The molecule has 0 spiro atoms. The first-order valence-corrected chi connectivity index (χ1v) is 10.8. The van der Waals surface area contributed by atoms with Crippen molar-refractivity contribution in [2.24, 2.45) is 0 Å². The zero-order valence-electron chi connectivity index (χ0n) is 16.0. The lowest BCUT2D eigenvalue weighted by Crippen LogP contribution is -2.37. The molecule has 5 nitrogen and oxygen atoms in total. The van der Waals surface area contributed by atoms with Crippen LogP contribution >= 0.6 is 0 Å². The maximum absolute atomic E-state index is 12.4. The highest BCUT2D eigenvalue weighted by molar-refractivity contribution is 7.92. The van der Waals surface area contributed by atoms with Gasteiger partial charge >= 0.3 is 0 Å². The third-order valence-corrected chi connectivity index (χ3v) is 6.65. The van der Waals surface area contributed by atoms with Crippen LogP contribution in [0.15, 0.2) is 48.5 Å². The fourth-order valence-electron chi connectivity index (χ4n) is 3.11. The molecule has 27 heavy (non-hydrogen) atoms. The average Bonchev–Trinajstić information content (AvgIpc) is 2.61. The number of carbonyl (C=O) groups is 1. The van der Waals surface area contributed by atoms with E-state index < -0.39 is 10.0 Å². The number of nitrogens with one attached hydrogen (secondary N) is 1. The maximum Gasteiger partial charge on any atom is 0.255 e. The molecular formula is C21H26N2O3S. The molecule has 0 unspecified atom stereocenters. The van der Waals surface area contributed by atoms with Gasteiger partial charge in [0, 0.05) is 17.8 Å². The minimum absolute atomic E-state index is 0.0413. The summed E-state index contributed by atoms with van der Waals surface area (Å²) < 4.78 is 25.8. The molecule has 0 bridgehead atoms. The number of hydrogen-bond donors (Lipinski definition) is 1. The van der Waals surface area contributed by atoms with E-state index in [-0.39, 0.29) is 17.1 Å².